The van der Waals surface area contributed by atoms with E-state index in [4.69, 9.17) is 19.6 Å². The number of hydrogen-bond donors (Lipinski definition) is 1. The van der Waals surface area contributed by atoms with Gasteiger partial charge < -0.3 is 19.6 Å². The van der Waals surface area contributed by atoms with Gasteiger partial charge in [0, 0.05) is 5.69 Å². The molecule has 21 heavy (non-hydrogen) atoms. The summed E-state index contributed by atoms with van der Waals surface area (Å²) in [5.74, 6) is 1.35. The molecule has 0 aliphatic carbocycles. The molecule has 108 valence electrons. The molecule has 3 aromatic rings. The highest BCUT2D eigenvalue weighted by molar-refractivity contribution is 5.76. The average molecular weight is 284 g/mol. The highest BCUT2D eigenvalue weighted by Gasteiger charge is 2.06. The maximum atomic E-state index is 5.71. The predicted molar refractivity (Wildman–Crippen MR) is 79.9 cm³/mol. The number of aromatic nitrogens is 1. The van der Waals surface area contributed by atoms with Crippen molar-refractivity contribution in [1.29, 1.82) is 0 Å². The summed E-state index contributed by atoms with van der Waals surface area (Å²) in [6.07, 6.45) is 0. The Morgan fingerprint density at radius 1 is 1.14 bits per heavy atom. The van der Waals surface area contributed by atoms with Crippen molar-refractivity contribution >= 4 is 16.8 Å². The SMILES string of the molecule is COc1cccc(COCc2nc3cc(N)ccc3o2)c1. The van der Waals surface area contributed by atoms with Crippen molar-refractivity contribution in [2.75, 3.05) is 12.8 Å². The van der Waals surface area contributed by atoms with E-state index >= 15 is 0 Å². The number of methoxy groups -OCH3 is 1. The molecular formula is C16H16N2O3. The average Bonchev–Trinajstić information content (AvgIpc) is 2.89. The molecule has 5 nitrogen and oxygen atoms in total. The van der Waals surface area contributed by atoms with Crippen LogP contribution in [0.4, 0.5) is 5.69 Å². The summed E-state index contributed by atoms with van der Waals surface area (Å²) in [4.78, 5) is 4.34. The number of nitrogens with two attached hydrogens (primary N) is 1. The minimum atomic E-state index is 0.311. The van der Waals surface area contributed by atoms with Crippen LogP contribution < -0.4 is 10.5 Å². The number of anilines is 1. The Labute approximate surface area is 122 Å². The van der Waals surface area contributed by atoms with E-state index in [-0.39, 0.29) is 0 Å². The highest BCUT2D eigenvalue weighted by Crippen LogP contribution is 2.19. The van der Waals surface area contributed by atoms with Crippen LogP contribution in [-0.2, 0) is 18.0 Å². The second-order valence-corrected chi connectivity index (χ2v) is 4.68. The van der Waals surface area contributed by atoms with Crippen molar-refractivity contribution in [3.8, 4) is 5.75 Å². The maximum absolute atomic E-state index is 5.71. The van der Waals surface area contributed by atoms with Crippen LogP contribution in [0.3, 0.4) is 0 Å². The minimum Gasteiger partial charge on any atom is -0.497 e. The van der Waals surface area contributed by atoms with Crippen molar-refractivity contribution in [2.24, 2.45) is 0 Å². The van der Waals surface area contributed by atoms with E-state index < -0.39 is 0 Å². The molecule has 3 rings (SSSR count). The van der Waals surface area contributed by atoms with E-state index in [0.29, 0.717) is 30.4 Å². The normalized spacial score (nSPS) is 10.9. The summed E-state index contributed by atoms with van der Waals surface area (Å²) in [5, 5.41) is 0. The van der Waals surface area contributed by atoms with Crippen LogP contribution in [0.5, 0.6) is 5.75 Å². The smallest absolute Gasteiger partial charge is 0.221 e. The first-order chi connectivity index (χ1) is 10.2. The first kappa shape index (κ1) is 13.5. The van der Waals surface area contributed by atoms with Crippen molar-refractivity contribution in [1.82, 2.24) is 4.98 Å². The van der Waals surface area contributed by atoms with Gasteiger partial charge in [0.05, 0.1) is 13.7 Å². The molecule has 0 fully saturated rings. The number of rotatable bonds is 5. The van der Waals surface area contributed by atoms with E-state index in [1.54, 1.807) is 19.2 Å². The van der Waals surface area contributed by atoms with E-state index in [0.717, 1.165) is 16.8 Å². The lowest BCUT2D eigenvalue weighted by Gasteiger charge is -2.04. The number of nitrogen functional groups attached to an aromatic ring is 1. The first-order valence-electron chi connectivity index (χ1n) is 6.60. The van der Waals surface area contributed by atoms with Gasteiger partial charge in [-0.25, -0.2) is 4.98 Å². The summed E-state index contributed by atoms with van der Waals surface area (Å²) in [6, 6.07) is 13.1. The molecular weight excluding hydrogens is 268 g/mol. The van der Waals surface area contributed by atoms with Crippen LogP contribution in [0, 0.1) is 0 Å². The van der Waals surface area contributed by atoms with Crippen LogP contribution >= 0.6 is 0 Å². The molecule has 1 aromatic heterocycles. The van der Waals surface area contributed by atoms with Crippen molar-refractivity contribution in [3.63, 3.8) is 0 Å². The third-order valence-corrected chi connectivity index (χ3v) is 3.08. The number of hydrogen-bond acceptors (Lipinski definition) is 5. The maximum Gasteiger partial charge on any atom is 0.221 e. The zero-order valence-electron chi connectivity index (χ0n) is 11.7. The van der Waals surface area contributed by atoms with Gasteiger partial charge in [-0.3, -0.25) is 0 Å². The number of oxazole rings is 1. The molecule has 2 N–H and O–H groups in total. The molecule has 0 saturated heterocycles. The Balaban J connectivity index is 1.63. The zero-order valence-corrected chi connectivity index (χ0v) is 11.7. The predicted octanol–water partition coefficient (Wildman–Crippen LogP) is 3.14. The summed E-state index contributed by atoms with van der Waals surface area (Å²) in [6.45, 7) is 0.782. The monoisotopic (exact) mass is 284 g/mol. The standard InChI is InChI=1S/C16H16N2O3/c1-19-13-4-2-3-11(7-13)9-20-10-16-18-14-8-12(17)5-6-15(14)21-16/h2-8H,9-10,17H2,1H3. The largest absolute Gasteiger partial charge is 0.497 e. The van der Waals surface area contributed by atoms with E-state index in [2.05, 4.69) is 4.98 Å². The van der Waals surface area contributed by atoms with Gasteiger partial charge >= 0.3 is 0 Å². The van der Waals surface area contributed by atoms with Crippen molar-refractivity contribution in [3.05, 3.63) is 53.9 Å². The summed E-state index contributed by atoms with van der Waals surface area (Å²) >= 11 is 0. The fourth-order valence-electron chi connectivity index (χ4n) is 2.07. The molecule has 0 unspecified atom stereocenters. The van der Waals surface area contributed by atoms with E-state index in [1.165, 1.54) is 0 Å². The van der Waals surface area contributed by atoms with Gasteiger partial charge in [-0.2, -0.15) is 0 Å². The van der Waals surface area contributed by atoms with Crippen LogP contribution in [0.15, 0.2) is 46.9 Å². The van der Waals surface area contributed by atoms with Crippen LogP contribution in [0.1, 0.15) is 11.5 Å². The molecule has 0 amide bonds. The highest BCUT2D eigenvalue weighted by atomic mass is 16.5. The molecule has 0 aliphatic heterocycles. The lowest BCUT2D eigenvalue weighted by atomic mass is 10.2. The zero-order chi connectivity index (χ0) is 14.7. The Bertz CT molecular complexity index is 752. The van der Waals surface area contributed by atoms with Crippen molar-refractivity contribution < 1.29 is 13.9 Å². The van der Waals surface area contributed by atoms with E-state index in [9.17, 15) is 0 Å². The fourth-order valence-corrected chi connectivity index (χ4v) is 2.07. The number of nitrogens with zero attached hydrogens (tertiary/aromatic N) is 1. The summed E-state index contributed by atoms with van der Waals surface area (Å²) in [5.41, 5.74) is 8.87. The Morgan fingerprint density at radius 3 is 2.90 bits per heavy atom. The molecule has 2 aromatic carbocycles. The molecule has 0 atom stereocenters. The first-order valence-corrected chi connectivity index (χ1v) is 6.60. The number of ether oxygens (including phenoxy) is 2. The van der Waals surface area contributed by atoms with Gasteiger partial charge in [0.15, 0.2) is 5.58 Å². The van der Waals surface area contributed by atoms with Crippen LogP contribution in [0.2, 0.25) is 0 Å². The third-order valence-electron chi connectivity index (χ3n) is 3.08. The fraction of sp³-hybridized carbons (Fsp3) is 0.188. The Hall–Kier alpha value is -2.53. The van der Waals surface area contributed by atoms with Gasteiger partial charge in [-0.05, 0) is 35.9 Å². The molecule has 0 radical (unpaired) electrons. The second kappa shape index (κ2) is 5.85. The Kier molecular flexibility index (Phi) is 3.75. The second-order valence-electron chi connectivity index (χ2n) is 4.68. The van der Waals surface area contributed by atoms with Gasteiger partial charge in [0.2, 0.25) is 5.89 Å². The van der Waals surface area contributed by atoms with E-state index in [1.807, 2.05) is 30.3 Å². The van der Waals surface area contributed by atoms with Crippen LogP contribution in [-0.4, -0.2) is 12.1 Å². The summed E-state index contributed by atoms with van der Waals surface area (Å²) in [7, 11) is 1.64. The lowest BCUT2D eigenvalue weighted by Crippen LogP contribution is -1.95. The molecule has 5 heteroatoms. The minimum absolute atomic E-state index is 0.311. The van der Waals surface area contributed by atoms with Crippen molar-refractivity contribution in [2.45, 2.75) is 13.2 Å². The third kappa shape index (κ3) is 3.14. The Morgan fingerprint density at radius 2 is 2.05 bits per heavy atom. The van der Waals surface area contributed by atoms with Crippen LogP contribution in [0.25, 0.3) is 11.1 Å². The van der Waals surface area contributed by atoms with Gasteiger partial charge in [-0.1, -0.05) is 12.1 Å². The number of benzene rings is 2. The molecule has 1 heterocycles. The topological polar surface area (TPSA) is 70.5 Å². The van der Waals surface area contributed by atoms with Gasteiger partial charge in [0.1, 0.15) is 17.9 Å². The number of fused-ring (bicyclic) bond motifs is 1. The molecule has 0 saturated carbocycles. The molecule has 0 bridgehead atoms. The lowest BCUT2D eigenvalue weighted by molar-refractivity contribution is 0.0905. The molecule has 0 spiro atoms. The quantitative estimate of drug-likeness (QED) is 0.729. The summed E-state index contributed by atoms with van der Waals surface area (Å²) < 4.78 is 16.4. The van der Waals surface area contributed by atoms with Gasteiger partial charge in [0.25, 0.3) is 0 Å². The van der Waals surface area contributed by atoms with Gasteiger partial charge in [-0.15, -0.1) is 0 Å². The molecule has 0 aliphatic rings.